The summed E-state index contributed by atoms with van der Waals surface area (Å²) >= 11 is 9.30. The second-order valence-electron chi connectivity index (χ2n) is 4.76. The molecule has 1 aliphatic heterocycles. The average Bonchev–Trinajstić information content (AvgIpc) is 2.88. The van der Waals surface area contributed by atoms with E-state index in [0.29, 0.717) is 12.5 Å². The number of alkyl halides is 1. The lowest BCUT2D eigenvalue weighted by Crippen LogP contribution is -2.22. The molecule has 104 valence electrons. The van der Waals surface area contributed by atoms with Crippen molar-refractivity contribution >= 4 is 27.5 Å². The summed E-state index contributed by atoms with van der Waals surface area (Å²) in [5, 5.41) is 0. The van der Waals surface area contributed by atoms with Crippen molar-refractivity contribution in [2.45, 2.75) is 18.4 Å². The van der Waals surface area contributed by atoms with Crippen LogP contribution in [0.5, 0.6) is 11.5 Å². The Labute approximate surface area is 131 Å². The summed E-state index contributed by atoms with van der Waals surface area (Å²) in [4.78, 5) is 0. The van der Waals surface area contributed by atoms with Crippen LogP contribution < -0.4 is 9.47 Å². The lowest BCUT2D eigenvalue weighted by Gasteiger charge is -2.13. The molecule has 0 amide bonds. The van der Waals surface area contributed by atoms with Gasteiger partial charge >= 0.3 is 0 Å². The first-order valence-electron chi connectivity index (χ1n) is 6.48. The lowest BCUT2D eigenvalue weighted by atomic mass is 10.1. The zero-order valence-electron chi connectivity index (χ0n) is 10.8. The molecule has 1 atom stereocenters. The third-order valence-electron chi connectivity index (χ3n) is 3.29. The Morgan fingerprint density at radius 3 is 2.85 bits per heavy atom. The Morgan fingerprint density at radius 2 is 2.10 bits per heavy atom. The van der Waals surface area contributed by atoms with E-state index in [4.69, 9.17) is 21.1 Å². The first-order chi connectivity index (χ1) is 9.76. The van der Waals surface area contributed by atoms with Gasteiger partial charge in [0.2, 0.25) is 0 Å². The smallest absolute Gasteiger partial charge is 0.137 e. The molecule has 1 heterocycles. The van der Waals surface area contributed by atoms with Gasteiger partial charge in [-0.05, 0) is 45.3 Å². The van der Waals surface area contributed by atoms with Gasteiger partial charge in [-0.3, -0.25) is 0 Å². The molecule has 0 N–H and O–H groups in total. The molecule has 3 rings (SSSR count). The van der Waals surface area contributed by atoms with Crippen LogP contribution in [0.4, 0.5) is 0 Å². The van der Waals surface area contributed by atoms with E-state index in [-0.39, 0.29) is 6.10 Å². The molecule has 4 heteroatoms. The van der Waals surface area contributed by atoms with Gasteiger partial charge in [-0.2, -0.15) is 0 Å². The molecule has 1 unspecified atom stereocenters. The van der Waals surface area contributed by atoms with Crippen LogP contribution in [0, 0.1) is 0 Å². The molecule has 1 aliphatic rings. The maximum Gasteiger partial charge on any atom is 0.137 e. The van der Waals surface area contributed by atoms with Crippen molar-refractivity contribution in [3.05, 3.63) is 58.1 Å². The lowest BCUT2D eigenvalue weighted by molar-refractivity contribution is 0.148. The summed E-state index contributed by atoms with van der Waals surface area (Å²) in [5.41, 5.74) is 2.31. The summed E-state index contributed by atoms with van der Waals surface area (Å²) in [5.74, 6) is 2.29. The predicted molar refractivity (Wildman–Crippen MR) is 83.8 cm³/mol. The SMILES string of the molecule is ClCc1ccc(OCC2Cc3ccccc3O2)c(Br)c1. The van der Waals surface area contributed by atoms with E-state index in [9.17, 15) is 0 Å². The number of para-hydroxylation sites is 1. The Balaban J connectivity index is 1.61. The molecule has 0 aliphatic carbocycles. The van der Waals surface area contributed by atoms with E-state index in [0.717, 1.165) is 28.0 Å². The van der Waals surface area contributed by atoms with Crippen molar-refractivity contribution in [3.63, 3.8) is 0 Å². The minimum atomic E-state index is 0.0759. The highest BCUT2D eigenvalue weighted by atomic mass is 79.9. The van der Waals surface area contributed by atoms with Crippen LogP contribution in [0.1, 0.15) is 11.1 Å². The minimum absolute atomic E-state index is 0.0759. The van der Waals surface area contributed by atoms with Crippen molar-refractivity contribution in [1.29, 1.82) is 0 Å². The van der Waals surface area contributed by atoms with Gasteiger partial charge in [0.1, 0.15) is 24.2 Å². The highest BCUT2D eigenvalue weighted by Gasteiger charge is 2.23. The molecular weight excluding hydrogens is 340 g/mol. The van der Waals surface area contributed by atoms with E-state index < -0.39 is 0 Å². The molecule has 0 saturated carbocycles. The van der Waals surface area contributed by atoms with Crippen molar-refractivity contribution < 1.29 is 9.47 Å². The van der Waals surface area contributed by atoms with E-state index in [1.165, 1.54) is 5.56 Å². The first kappa shape index (κ1) is 13.8. The summed E-state index contributed by atoms with van der Waals surface area (Å²) in [6.45, 7) is 0.535. The number of halogens is 2. The predicted octanol–water partition coefficient (Wildman–Crippen LogP) is 4.57. The fourth-order valence-electron chi connectivity index (χ4n) is 2.27. The minimum Gasteiger partial charge on any atom is -0.489 e. The molecule has 2 nitrogen and oxygen atoms in total. The van der Waals surface area contributed by atoms with Gasteiger partial charge in [-0.25, -0.2) is 0 Å². The van der Waals surface area contributed by atoms with Crippen molar-refractivity contribution in [2.75, 3.05) is 6.61 Å². The number of ether oxygens (including phenoxy) is 2. The van der Waals surface area contributed by atoms with E-state index in [2.05, 4.69) is 22.0 Å². The number of hydrogen-bond donors (Lipinski definition) is 0. The van der Waals surface area contributed by atoms with Gasteiger partial charge in [0.15, 0.2) is 0 Å². The summed E-state index contributed by atoms with van der Waals surface area (Å²) in [7, 11) is 0. The summed E-state index contributed by atoms with van der Waals surface area (Å²) < 4.78 is 12.6. The van der Waals surface area contributed by atoms with E-state index >= 15 is 0 Å². The topological polar surface area (TPSA) is 18.5 Å². The number of rotatable bonds is 4. The largest absolute Gasteiger partial charge is 0.489 e. The van der Waals surface area contributed by atoms with Crippen LogP contribution in [-0.4, -0.2) is 12.7 Å². The molecule has 0 radical (unpaired) electrons. The Hall–Kier alpha value is -1.19. The molecule has 2 aromatic carbocycles. The second kappa shape index (κ2) is 6.06. The quantitative estimate of drug-likeness (QED) is 0.750. The number of hydrogen-bond acceptors (Lipinski definition) is 2. The fourth-order valence-corrected chi connectivity index (χ4v) is 2.98. The summed E-state index contributed by atoms with van der Waals surface area (Å²) in [6.07, 6.45) is 0.972. The maximum atomic E-state index is 5.85. The molecule has 0 spiro atoms. The zero-order chi connectivity index (χ0) is 13.9. The van der Waals surface area contributed by atoms with Gasteiger partial charge < -0.3 is 9.47 Å². The van der Waals surface area contributed by atoms with Crippen LogP contribution in [0.25, 0.3) is 0 Å². The van der Waals surface area contributed by atoms with Gasteiger partial charge in [0.25, 0.3) is 0 Å². The monoisotopic (exact) mass is 352 g/mol. The molecule has 2 aromatic rings. The van der Waals surface area contributed by atoms with Crippen molar-refractivity contribution in [2.24, 2.45) is 0 Å². The van der Waals surface area contributed by atoms with Crippen LogP contribution in [-0.2, 0) is 12.3 Å². The second-order valence-corrected chi connectivity index (χ2v) is 5.88. The normalized spacial score (nSPS) is 16.6. The van der Waals surface area contributed by atoms with Crippen molar-refractivity contribution in [3.8, 4) is 11.5 Å². The summed E-state index contributed by atoms with van der Waals surface area (Å²) in [6, 6.07) is 14.0. The van der Waals surface area contributed by atoms with E-state index in [1.54, 1.807) is 0 Å². The molecule has 20 heavy (non-hydrogen) atoms. The van der Waals surface area contributed by atoms with Crippen LogP contribution >= 0.6 is 27.5 Å². The van der Waals surface area contributed by atoms with Gasteiger partial charge in [0.05, 0.1) is 4.47 Å². The third-order valence-corrected chi connectivity index (χ3v) is 4.22. The van der Waals surface area contributed by atoms with Crippen LogP contribution in [0.2, 0.25) is 0 Å². The van der Waals surface area contributed by atoms with Gasteiger partial charge in [-0.1, -0.05) is 24.3 Å². The standard InChI is InChI=1S/C16H14BrClO2/c17-14-7-11(9-18)5-6-16(14)19-10-13-8-12-3-1-2-4-15(12)20-13/h1-7,13H,8-10H2. The third kappa shape index (κ3) is 2.94. The number of benzene rings is 2. The first-order valence-corrected chi connectivity index (χ1v) is 7.81. The van der Waals surface area contributed by atoms with Crippen LogP contribution in [0.3, 0.4) is 0 Å². The zero-order valence-corrected chi connectivity index (χ0v) is 13.2. The fraction of sp³-hybridized carbons (Fsp3) is 0.250. The van der Waals surface area contributed by atoms with Gasteiger partial charge in [-0.15, -0.1) is 11.6 Å². The highest BCUT2D eigenvalue weighted by Crippen LogP contribution is 2.30. The van der Waals surface area contributed by atoms with Crippen LogP contribution in [0.15, 0.2) is 46.9 Å². The average molecular weight is 354 g/mol. The number of fused-ring (bicyclic) bond motifs is 1. The molecule has 0 bridgehead atoms. The van der Waals surface area contributed by atoms with Gasteiger partial charge in [0, 0.05) is 12.3 Å². The highest BCUT2D eigenvalue weighted by molar-refractivity contribution is 9.10. The molecule has 0 fully saturated rings. The van der Waals surface area contributed by atoms with E-state index in [1.807, 2.05) is 36.4 Å². The maximum absolute atomic E-state index is 5.85. The molecule has 0 aromatic heterocycles. The van der Waals surface area contributed by atoms with Crippen molar-refractivity contribution in [1.82, 2.24) is 0 Å². The molecular formula is C16H14BrClO2. The Bertz CT molecular complexity index is 590. The Morgan fingerprint density at radius 1 is 1.25 bits per heavy atom. The Kier molecular flexibility index (Phi) is 4.18. The molecule has 0 saturated heterocycles.